The third-order valence-corrected chi connectivity index (χ3v) is 2.86. The Morgan fingerprint density at radius 2 is 2.00 bits per heavy atom. The van der Waals surface area contributed by atoms with Crippen LogP contribution in [0.4, 0.5) is 25.1 Å². The number of nitrogens with two attached hydrogens (primary N) is 1. The predicted octanol–water partition coefficient (Wildman–Crippen LogP) is 2.79. The molecule has 105 valence electrons. The summed E-state index contributed by atoms with van der Waals surface area (Å²) < 4.78 is 27.4. The summed E-state index contributed by atoms with van der Waals surface area (Å²) in [6.07, 6.45) is 0. The summed E-state index contributed by atoms with van der Waals surface area (Å²) in [4.78, 5) is 11.4. The maximum atomic E-state index is 13.2. The highest BCUT2D eigenvalue weighted by atomic mass is 19.1. The van der Waals surface area contributed by atoms with Crippen molar-refractivity contribution in [2.24, 2.45) is 5.73 Å². The van der Waals surface area contributed by atoms with E-state index in [2.05, 4.69) is 16.5 Å². The van der Waals surface area contributed by atoms with Gasteiger partial charge < -0.3 is 11.1 Å². The lowest BCUT2D eigenvalue weighted by molar-refractivity contribution is 0.248. The van der Waals surface area contributed by atoms with Crippen molar-refractivity contribution < 1.29 is 13.6 Å². The molecule has 0 saturated carbocycles. The van der Waals surface area contributed by atoms with Crippen LogP contribution in [0.3, 0.4) is 0 Å². The first-order valence-electron chi connectivity index (χ1n) is 5.96. The zero-order valence-electron chi connectivity index (χ0n) is 10.6. The Morgan fingerprint density at radius 1 is 1.29 bits per heavy atom. The van der Waals surface area contributed by atoms with Crippen LogP contribution in [0.2, 0.25) is 0 Å². The largest absolute Gasteiger partial charge is 0.350 e. The number of fused-ring (bicyclic) bond motifs is 1. The standard InChI is InChI=1S/C14H9F2N4O/c15-8-5-9(16)7-10(6-8)18-13-11-3-1-2-4-12(11)20(19-13)14(17)21/h2-7H,(H2,17,21)(H,18,19). The molecule has 0 saturated heterocycles. The molecule has 1 heterocycles. The third-order valence-electron chi connectivity index (χ3n) is 2.86. The van der Waals surface area contributed by atoms with Crippen molar-refractivity contribution in [1.82, 2.24) is 9.78 Å². The highest BCUT2D eigenvalue weighted by Gasteiger charge is 2.13. The first-order chi connectivity index (χ1) is 10.0. The van der Waals surface area contributed by atoms with E-state index in [0.29, 0.717) is 10.9 Å². The van der Waals surface area contributed by atoms with E-state index in [-0.39, 0.29) is 11.5 Å². The Balaban J connectivity index is 2.10. The molecule has 3 aromatic rings. The predicted molar refractivity (Wildman–Crippen MR) is 73.2 cm³/mol. The van der Waals surface area contributed by atoms with Gasteiger partial charge in [-0.15, -0.1) is 5.10 Å². The van der Waals surface area contributed by atoms with E-state index in [1.54, 1.807) is 18.2 Å². The first kappa shape index (κ1) is 13.0. The van der Waals surface area contributed by atoms with Crippen LogP contribution in [0, 0.1) is 17.7 Å². The number of nitrogens with one attached hydrogen (secondary N) is 1. The Morgan fingerprint density at radius 3 is 2.67 bits per heavy atom. The maximum Gasteiger partial charge on any atom is 0.340 e. The van der Waals surface area contributed by atoms with Gasteiger partial charge in [-0.3, -0.25) is 0 Å². The number of aromatic nitrogens is 2. The van der Waals surface area contributed by atoms with Gasteiger partial charge in [-0.25, -0.2) is 13.6 Å². The number of hydrogen-bond acceptors (Lipinski definition) is 3. The van der Waals surface area contributed by atoms with E-state index in [0.717, 1.165) is 22.9 Å². The summed E-state index contributed by atoms with van der Waals surface area (Å²) in [7, 11) is 0. The smallest absolute Gasteiger partial charge is 0.340 e. The average Bonchev–Trinajstić information content (AvgIpc) is 2.77. The van der Waals surface area contributed by atoms with Gasteiger partial charge in [0.15, 0.2) is 5.82 Å². The van der Waals surface area contributed by atoms with E-state index in [9.17, 15) is 13.6 Å². The molecule has 0 spiro atoms. The monoisotopic (exact) mass is 287 g/mol. The summed E-state index contributed by atoms with van der Waals surface area (Å²) in [5.41, 5.74) is 5.88. The van der Waals surface area contributed by atoms with E-state index in [1.807, 2.05) is 0 Å². The Kier molecular flexibility index (Phi) is 3.02. The van der Waals surface area contributed by atoms with E-state index in [1.165, 1.54) is 0 Å². The second-order valence-electron chi connectivity index (χ2n) is 4.33. The summed E-state index contributed by atoms with van der Waals surface area (Å²) in [6.45, 7) is 0. The van der Waals surface area contributed by atoms with Gasteiger partial charge in [0.25, 0.3) is 0 Å². The van der Waals surface area contributed by atoms with Crippen molar-refractivity contribution in [1.29, 1.82) is 0 Å². The number of halogens is 2. The number of anilines is 2. The number of amides is 1. The van der Waals surface area contributed by atoms with Gasteiger partial charge in [-0.2, -0.15) is 4.68 Å². The molecule has 0 aliphatic rings. The highest BCUT2D eigenvalue weighted by Crippen LogP contribution is 2.26. The molecule has 0 unspecified atom stereocenters. The summed E-state index contributed by atoms with van der Waals surface area (Å²) >= 11 is 0. The Bertz CT molecular complexity index is 824. The molecule has 7 heteroatoms. The zero-order chi connectivity index (χ0) is 15.0. The van der Waals surface area contributed by atoms with Crippen LogP contribution in [0.1, 0.15) is 0 Å². The fraction of sp³-hybridized carbons (Fsp3) is 0. The third kappa shape index (κ3) is 2.40. The molecule has 2 aromatic carbocycles. The zero-order valence-corrected chi connectivity index (χ0v) is 10.6. The van der Waals surface area contributed by atoms with Gasteiger partial charge >= 0.3 is 6.03 Å². The summed E-state index contributed by atoms with van der Waals surface area (Å²) in [5.74, 6) is -1.18. The fourth-order valence-electron chi connectivity index (χ4n) is 2.03. The van der Waals surface area contributed by atoms with Gasteiger partial charge in [-0.1, -0.05) is 6.07 Å². The van der Waals surface area contributed by atoms with E-state index >= 15 is 0 Å². The van der Waals surface area contributed by atoms with Crippen LogP contribution in [0.25, 0.3) is 10.9 Å². The quantitative estimate of drug-likeness (QED) is 0.761. The molecule has 0 bridgehead atoms. The number of primary amides is 1. The average molecular weight is 287 g/mol. The van der Waals surface area contributed by atoms with Crippen molar-refractivity contribution in [3.63, 3.8) is 0 Å². The van der Waals surface area contributed by atoms with Crippen LogP contribution in [-0.4, -0.2) is 15.8 Å². The maximum absolute atomic E-state index is 13.2. The second-order valence-corrected chi connectivity index (χ2v) is 4.33. The first-order valence-corrected chi connectivity index (χ1v) is 5.96. The number of carbonyl (C=O) groups is 1. The molecule has 0 fully saturated rings. The van der Waals surface area contributed by atoms with E-state index in [4.69, 9.17) is 5.73 Å². The van der Waals surface area contributed by atoms with Gasteiger partial charge in [0, 0.05) is 17.1 Å². The number of carbonyl (C=O) groups excluding carboxylic acids is 1. The minimum absolute atomic E-state index is 0.173. The molecule has 0 aliphatic carbocycles. The minimum atomic E-state index is -0.760. The second kappa shape index (κ2) is 4.86. The molecule has 1 radical (unpaired) electrons. The van der Waals surface area contributed by atoms with Crippen LogP contribution < -0.4 is 11.1 Å². The van der Waals surface area contributed by atoms with Crippen molar-refractivity contribution in [3.05, 3.63) is 54.1 Å². The fourth-order valence-corrected chi connectivity index (χ4v) is 2.03. The van der Waals surface area contributed by atoms with Crippen LogP contribution in [0.5, 0.6) is 0 Å². The number of rotatable bonds is 2. The normalized spacial score (nSPS) is 10.8. The minimum Gasteiger partial charge on any atom is -0.350 e. The lowest BCUT2D eigenvalue weighted by atomic mass is 10.2. The van der Waals surface area contributed by atoms with E-state index < -0.39 is 17.7 Å². The molecule has 3 N–H and O–H groups in total. The van der Waals surface area contributed by atoms with Crippen LogP contribution in [-0.2, 0) is 0 Å². The van der Waals surface area contributed by atoms with Crippen LogP contribution >= 0.6 is 0 Å². The Hall–Kier alpha value is -2.96. The lowest BCUT2D eigenvalue weighted by Gasteiger charge is -2.04. The van der Waals surface area contributed by atoms with Gasteiger partial charge in [0.1, 0.15) is 11.6 Å². The lowest BCUT2D eigenvalue weighted by Crippen LogP contribution is -2.20. The van der Waals surface area contributed by atoms with Gasteiger partial charge in [-0.05, 0) is 30.3 Å². The van der Waals surface area contributed by atoms with Gasteiger partial charge in [0.2, 0.25) is 0 Å². The van der Waals surface area contributed by atoms with Gasteiger partial charge in [0.05, 0.1) is 5.52 Å². The Labute approximate surface area is 118 Å². The molecular formula is C14H9F2N4O. The molecule has 0 aliphatic heterocycles. The molecule has 5 nitrogen and oxygen atoms in total. The molecule has 21 heavy (non-hydrogen) atoms. The molecule has 1 amide bonds. The topological polar surface area (TPSA) is 72.9 Å². The summed E-state index contributed by atoms with van der Waals surface area (Å²) in [6, 6.07) is 9.90. The summed E-state index contributed by atoms with van der Waals surface area (Å²) in [5, 5.41) is 7.33. The number of benzene rings is 2. The molecule has 3 rings (SSSR count). The highest BCUT2D eigenvalue weighted by molar-refractivity contribution is 5.97. The molecule has 1 aromatic heterocycles. The number of hydrogen-bond donors (Lipinski definition) is 2. The van der Waals surface area contributed by atoms with Crippen LogP contribution in [0.15, 0.2) is 36.4 Å². The van der Waals surface area contributed by atoms with Crippen molar-refractivity contribution in [3.8, 4) is 0 Å². The van der Waals surface area contributed by atoms with Crippen molar-refractivity contribution in [2.75, 3.05) is 5.32 Å². The number of nitrogens with zero attached hydrogens (tertiary/aromatic N) is 2. The molecular weight excluding hydrogens is 278 g/mol. The van der Waals surface area contributed by atoms with Crippen molar-refractivity contribution in [2.45, 2.75) is 0 Å². The molecule has 0 atom stereocenters. The SMILES string of the molecule is NC(=O)n1nc(Nc2cc(F)cc(F)c2)c2c[c]ccc21. The van der Waals surface area contributed by atoms with Crippen molar-refractivity contribution >= 4 is 28.4 Å².